The van der Waals surface area contributed by atoms with Crippen LogP contribution in [0.15, 0.2) is 29.4 Å². The number of rotatable bonds is 3. The minimum Gasteiger partial charge on any atom is -0.332 e. The number of aromatic nitrogens is 2. The summed E-state index contributed by atoms with van der Waals surface area (Å²) < 4.78 is 26.9. The second kappa shape index (κ2) is 5.99. The fourth-order valence-corrected chi connectivity index (χ4v) is 2.82. The van der Waals surface area contributed by atoms with E-state index in [0.29, 0.717) is 17.1 Å². The van der Waals surface area contributed by atoms with Crippen molar-refractivity contribution in [2.24, 2.45) is 5.73 Å². The Morgan fingerprint density at radius 2 is 2.10 bits per heavy atom. The highest BCUT2D eigenvalue weighted by Gasteiger charge is 2.16. The van der Waals surface area contributed by atoms with Gasteiger partial charge in [-0.15, -0.1) is 0 Å². The molecule has 0 unspecified atom stereocenters. The number of hydrogen-bond acceptors (Lipinski definition) is 4. The summed E-state index contributed by atoms with van der Waals surface area (Å²) in [6.07, 6.45) is 1.28. The summed E-state index contributed by atoms with van der Waals surface area (Å²) >= 11 is 0. The van der Waals surface area contributed by atoms with Gasteiger partial charge >= 0.3 is 0 Å². The van der Waals surface area contributed by atoms with Crippen LogP contribution < -0.4 is 10.5 Å². The van der Waals surface area contributed by atoms with Crippen molar-refractivity contribution in [3.05, 3.63) is 41.3 Å². The average Bonchev–Trinajstić information content (AvgIpc) is 2.83. The number of benzene rings is 1. The second-order valence-electron chi connectivity index (χ2n) is 4.53. The van der Waals surface area contributed by atoms with E-state index in [1.165, 1.54) is 6.20 Å². The van der Waals surface area contributed by atoms with Crippen molar-refractivity contribution in [2.45, 2.75) is 18.9 Å². The van der Waals surface area contributed by atoms with Gasteiger partial charge < -0.3 is 10.7 Å². The van der Waals surface area contributed by atoms with Crippen LogP contribution in [0.3, 0.4) is 0 Å². The van der Waals surface area contributed by atoms with Crippen LogP contribution in [0.2, 0.25) is 0 Å². The standard InChI is InChI=1S/C14H16N4O2S/c1-10-6-12(4-3-5-15)8-13(7-10)18-21(19,20)14-9-16-11(2)17-14/h6-9,18H,5,15H2,1-2H3,(H,16,17). The first kappa shape index (κ1) is 15.1. The van der Waals surface area contributed by atoms with Crippen molar-refractivity contribution in [1.82, 2.24) is 9.97 Å². The molecule has 0 aliphatic heterocycles. The molecule has 0 radical (unpaired) electrons. The zero-order valence-corrected chi connectivity index (χ0v) is 12.6. The summed E-state index contributed by atoms with van der Waals surface area (Å²) in [6.45, 7) is 3.81. The molecule has 2 rings (SSSR count). The number of hydrogen-bond donors (Lipinski definition) is 3. The quantitative estimate of drug-likeness (QED) is 0.740. The number of nitrogens with zero attached hydrogens (tertiary/aromatic N) is 1. The molecule has 0 saturated heterocycles. The van der Waals surface area contributed by atoms with Crippen LogP contribution in [0.1, 0.15) is 17.0 Å². The van der Waals surface area contributed by atoms with Crippen LogP contribution in [-0.2, 0) is 10.0 Å². The van der Waals surface area contributed by atoms with Crippen LogP contribution in [0.5, 0.6) is 0 Å². The zero-order chi connectivity index (χ0) is 15.5. The van der Waals surface area contributed by atoms with Gasteiger partial charge in [-0.3, -0.25) is 4.72 Å². The van der Waals surface area contributed by atoms with Gasteiger partial charge in [0.1, 0.15) is 5.82 Å². The highest BCUT2D eigenvalue weighted by molar-refractivity contribution is 7.92. The topological polar surface area (TPSA) is 101 Å². The number of nitrogens with one attached hydrogen (secondary N) is 2. The van der Waals surface area contributed by atoms with Crippen LogP contribution in [0.4, 0.5) is 5.69 Å². The molecule has 6 nitrogen and oxygen atoms in total. The summed E-state index contributed by atoms with van der Waals surface area (Å²) in [7, 11) is -3.69. The fourth-order valence-electron chi connectivity index (χ4n) is 1.81. The van der Waals surface area contributed by atoms with Crippen molar-refractivity contribution >= 4 is 15.7 Å². The maximum Gasteiger partial charge on any atom is 0.278 e. The van der Waals surface area contributed by atoms with E-state index in [0.717, 1.165) is 5.56 Å². The number of H-pyrrole nitrogens is 1. The number of aromatic amines is 1. The normalized spacial score (nSPS) is 10.8. The first-order valence-electron chi connectivity index (χ1n) is 6.26. The Kier molecular flexibility index (Phi) is 4.31. The van der Waals surface area contributed by atoms with E-state index in [2.05, 4.69) is 26.5 Å². The van der Waals surface area contributed by atoms with E-state index in [9.17, 15) is 8.42 Å². The lowest BCUT2D eigenvalue weighted by Crippen LogP contribution is -2.13. The molecule has 0 bridgehead atoms. The lowest BCUT2D eigenvalue weighted by molar-refractivity contribution is 0.598. The number of aryl methyl sites for hydroxylation is 2. The largest absolute Gasteiger partial charge is 0.332 e. The van der Waals surface area contributed by atoms with Gasteiger partial charge in [-0.25, -0.2) is 4.98 Å². The lowest BCUT2D eigenvalue weighted by atomic mass is 10.1. The second-order valence-corrected chi connectivity index (χ2v) is 6.18. The van der Waals surface area contributed by atoms with Crippen molar-refractivity contribution in [3.63, 3.8) is 0 Å². The van der Waals surface area contributed by atoms with Gasteiger partial charge in [-0.2, -0.15) is 8.42 Å². The molecule has 0 amide bonds. The van der Waals surface area contributed by atoms with Gasteiger partial charge in [-0.05, 0) is 37.6 Å². The Morgan fingerprint density at radius 1 is 1.33 bits per heavy atom. The third-order valence-corrected chi connectivity index (χ3v) is 3.92. The van der Waals surface area contributed by atoms with E-state index >= 15 is 0 Å². The molecule has 0 fully saturated rings. The van der Waals surface area contributed by atoms with E-state index in [-0.39, 0.29) is 11.6 Å². The first-order valence-corrected chi connectivity index (χ1v) is 7.74. The third-order valence-electron chi connectivity index (χ3n) is 2.63. The molecule has 110 valence electrons. The van der Waals surface area contributed by atoms with Gasteiger partial charge in [0.25, 0.3) is 10.0 Å². The Bertz CT molecular complexity index is 813. The van der Waals surface area contributed by atoms with Crippen molar-refractivity contribution < 1.29 is 8.42 Å². The van der Waals surface area contributed by atoms with Crippen LogP contribution in [-0.4, -0.2) is 24.9 Å². The molecule has 0 atom stereocenters. The Balaban J connectivity index is 2.33. The average molecular weight is 304 g/mol. The monoisotopic (exact) mass is 304 g/mol. The van der Waals surface area contributed by atoms with E-state index in [1.807, 2.05) is 13.0 Å². The molecular weight excluding hydrogens is 288 g/mol. The molecule has 0 aliphatic carbocycles. The smallest absolute Gasteiger partial charge is 0.278 e. The molecule has 7 heteroatoms. The minimum atomic E-state index is -3.69. The van der Waals surface area contributed by atoms with Crippen LogP contribution in [0, 0.1) is 25.7 Å². The highest BCUT2D eigenvalue weighted by Crippen LogP contribution is 2.18. The van der Waals surface area contributed by atoms with Gasteiger partial charge in [0, 0.05) is 5.56 Å². The van der Waals surface area contributed by atoms with E-state index in [1.54, 1.807) is 19.1 Å². The predicted molar refractivity (Wildman–Crippen MR) is 81.2 cm³/mol. The predicted octanol–water partition coefficient (Wildman–Crippen LogP) is 1.14. The molecule has 4 N–H and O–H groups in total. The maximum absolute atomic E-state index is 12.2. The Hall–Kier alpha value is -2.30. The summed E-state index contributed by atoms with van der Waals surface area (Å²) in [5.74, 6) is 6.16. The maximum atomic E-state index is 12.2. The van der Waals surface area contributed by atoms with Gasteiger partial charge in [0.2, 0.25) is 0 Å². The van der Waals surface area contributed by atoms with E-state index in [4.69, 9.17) is 5.73 Å². The molecular formula is C14H16N4O2S. The number of anilines is 1. The molecule has 0 spiro atoms. The van der Waals surface area contributed by atoms with E-state index < -0.39 is 10.0 Å². The van der Waals surface area contributed by atoms with Crippen LogP contribution >= 0.6 is 0 Å². The Labute approximate surface area is 123 Å². The fraction of sp³-hybridized carbons (Fsp3) is 0.214. The molecule has 1 heterocycles. The summed E-state index contributed by atoms with van der Waals surface area (Å²) in [6, 6.07) is 5.26. The lowest BCUT2D eigenvalue weighted by Gasteiger charge is -2.08. The minimum absolute atomic E-state index is 0.0242. The molecule has 21 heavy (non-hydrogen) atoms. The highest BCUT2D eigenvalue weighted by atomic mass is 32.2. The van der Waals surface area contributed by atoms with Gasteiger partial charge in [0.05, 0.1) is 18.4 Å². The number of nitrogens with two attached hydrogens (primary N) is 1. The molecule has 0 saturated carbocycles. The molecule has 2 aromatic rings. The van der Waals surface area contributed by atoms with Crippen molar-refractivity contribution in [3.8, 4) is 11.8 Å². The summed E-state index contributed by atoms with van der Waals surface area (Å²) in [5.41, 5.74) is 7.39. The third kappa shape index (κ3) is 3.84. The van der Waals surface area contributed by atoms with Crippen molar-refractivity contribution in [2.75, 3.05) is 11.3 Å². The summed E-state index contributed by atoms with van der Waals surface area (Å²) in [5, 5.41) is 0.0242. The van der Waals surface area contributed by atoms with Crippen molar-refractivity contribution in [1.29, 1.82) is 0 Å². The summed E-state index contributed by atoms with van der Waals surface area (Å²) in [4.78, 5) is 6.58. The van der Waals surface area contributed by atoms with Gasteiger partial charge in [0.15, 0.2) is 5.03 Å². The van der Waals surface area contributed by atoms with Crippen LogP contribution in [0.25, 0.3) is 0 Å². The zero-order valence-electron chi connectivity index (χ0n) is 11.8. The SMILES string of the molecule is Cc1cc(C#CCN)cc(NS(=O)(=O)c2cnc(C)[nH]2)c1. The molecule has 1 aromatic heterocycles. The Morgan fingerprint density at radius 3 is 2.71 bits per heavy atom. The van der Waals surface area contributed by atoms with Gasteiger partial charge in [-0.1, -0.05) is 11.8 Å². The first-order chi connectivity index (χ1) is 9.90. The molecule has 1 aromatic carbocycles. The number of sulfonamides is 1. The molecule has 0 aliphatic rings. The number of imidazole rings is 1.